The number of H-pyrrole nitrogens is 1. The Kier molecular flexibility index (Phi) is 7.37. The lowest BCUT2D eigenvalue weighted by atomic mass is 9.97. The van der Waals surface area contributed by atoms with Crippen molar-refractivity contribution in [3.05, 3.63) is 69.8 Å². The molecular weight excluding hydrogens is 432 g/mol. The Morgan fingerprint density at radius 2 is 1.67 bits per heavy atom. The van der Waals surface area contributed by atoms with Gasteiger partial charge in [0.1, 0.15) is 29.0 Å². The van der Waals surface area contributed by atoms with Crippen LogP contribution in [0, 0.1) is 43.4 Å². The van der Waals surface area contributed by atoms with Crippen molar-refractivity contribution in [2.24, 2.45) is 0 Å². The number of pyridine rings is 1. The molecule has 0 aliphatic rings. The number of rotatable bonds is 7. The number of nitrogens with zero attached hydrogens (tertiary/aromatic N) is 2. The van der Waals surface area contributed by atoms with E-state index in [4.69, 9.17) is 10.5 Å². The van der Waals surface area contributed by atoms with E-state index in [-0.39, 0.29) is 28.5 Å². The summed E-state index contributed by atoms with van der Waals surface area (Å²) in [6, 6.07) is 15.4. The second-order valence-electron chi connectivity index (χ2n) is 7.64. The molecule has 0 fully saturated rings. The van der Waals surface area contributed by atoms with Gasteiger partial charge in [-0.1, -0.05) is 30.0 Å². The maximum absolute atomic E-state index is 12.9. The Hall–Kier alpha value is -3.81. The average molecular weight is 458 g/mol. The number of aryl methyl sites for hydroxylation is 3. The number of hydrogen-bond acceptors (Lipinski definition) is 6. The Balaban J connectivity index is 2.00. The van der Waals surface area contributed by atoms with Crippen molar-refractivity contribution >= 4 is 23.4 Å². The van der Waals surface area contributed by atoms with Crippen LogP contribution < -0.4 is 15.5 Å². The van der Waals surface area contributed by atoms with Crippen molar-refractivity contribution in [1.82, 2.24) is 0 Å². The molecule has 0 saturated heterocycles. The van der Waals surface area contributed by atoms with Crippen LogP contribution in [0.4, 0.5) is 5.82 Å². The molecule has 3 N–H and O–H groups in total. The quantitative estimate of drug-likeness (QED) is 0.403. The van der Waals surface area contributed by atoms with E-state index in [1.807, 2.05) is 39.8 Å². The second kappa shape index (κ2) is 10.2. The van der Waals surface area contributed by atoms with Crippen LogP contribution in [-0.2, 0) is 0 Å². The first-order valence-corrected chi connectivity index (χ1v) is 11.4. The molecule has 0 atom stereocenters. The summed E-state index contributed by atoms with van der Waals surface area (Å²) in [6.45, 7) is 8.34. The van der Waals surface area contributed by atoms with Gasteiger partial charge in [-0.05, 0) is 68.1 Å². The van der Waals surface area contributed by atoms with Crippen LogP contribution in [0.2, 0.25) is 0 Å². The van der Waals surface area contributed by atoms with E-state index >= 15 is 0 Å². The maximum atomic E-state index is 12.9. The van der Waals surface area contributed by atoms with Gasteiger partial charge in [0.15, 0.2) is 10.8 Å². The van der Waals surface area contributed by atoms with Crippen LogP contribution in [0.3, 0.4) is 0 Å². The molecule has 33 heavy (non-hydrogen) atoms. The number of ketones is 1. The van der Waals surface area contributed by atoms with Crippen LogP contribution in [-0.4, -0.2) is 18.1 Å². The zero-order valence-corrected chi connectivity index (χ0v) is 19.9. The predicted molar refractivity (Wildman–Crippen MR) is 129 cm³/mol. The smallest absolute Gasteiger partial charge is 0.289 e. The summed E-state index contributed by atoms with van der Waals surface area (Å²) in [5.41, 5.74) is 11.5. The van der Waals surface area contributed by atoms with Crippen molar-refractivity contribution in [3.8, 4) is 29.0 Å². The first-order valence-electron chi connectivity index (χ1n) is 10.5. The molecule has 0 aliphatic carbocycles. The fraction of sp³-hybridized carbons (Fsp3) is 0.231. The molecule has 0 radical (unpaired) electrons. The third-order valence-corrected chi connectivity index (χ3v) is 6.41. The molecular formula is C26H25N4O2S+. The molecule has 0 saturated carbocycles. The van der Waals surface area contributed by atoms with E-state index in [9.17, 15) is 15.3 Å². The standard InChI is InChI=1S/C26H24N4O2S/c1-5-32-19-8-6-18(7-9-19)24-21(12-27)25(29)30-26(22(24)13-28)33-14-23(31)20-11-16(3)15(2)10-17(20)4/h6-11H,5,14H2,1-4H3,(H2,29,30)/p+1. The number of ether oxygens (including phenoxy) is 1. The predicted octanol–water partition coefficient (Wildman–Crippen LogP) is 4.79. The largest absolute Gasteiger partial charge is 0.494 e. The van der Waals surface area contributed by atoms with Crippen LogP contribution in [0.15, 0.2) is 41.4 Å². The summed E-state index contributed by atoms with van der Waals surface area (Å²) >= 11 is 1.21. The summed E-state index contributed by atoms with van der Waals surface area (Å²) in [5, 5.41) is 20.1. The monoisotopic (exact) mass is 457 g/mol. The molecule has 7 heteroatoms. The number of Topliss-reactive ketones (excluding diaryl/α,β-unsaturated/α-hetero) is 1. The van der Waals surface area contributed by atoms with E-state index in [2.05, 4.69) is 17.1 Å². The van der Waals surface area contributed by atoms with Gasteiger partial charge in [0.2, 0.25) is 0 Å². The first-order chi connectivity index (χ1) is 15.8. The molecule has 0 bridgehead atoms. The molecule has 0 amide bonds. The van der Waals surface area contributed by atoms with Gasteiger partial charge in [0, 0.05) is 11.1 Å². The number of benzene rings is 2. The summed E-state index contributed by atoms with van der Waals surface area (Å²) in [5.74, 6) is 0.932. The SMILES string of the molecule is CCOc1ccc(-c2c(C#N)c(N)[nH+]c(SCC(=O)c3cc(C)c(C)cc3C)c2C#N)cc1. The van der Waals surface area contributed by atoms with E-state index in [1.165, 1.54) is 11.8 Å². The number of nitrogens with one attached hydrogen (secondary N) is 1. The van der Waals surface area contributed by atoms with E-state index in [1.54, 1.807) is 24.3 Å². The van der Waals surface area contributed by atoms with Gasteiger partial charge in [-0.3, -0.25) is 10.5 Å². The number of aromatic amines is 1. The average Bonchev–Trinajstić information content (AvgIpc) is 2.80. The molecule has 166 valence electrons. The molecule has 0 spiro atoms. The van der Waals surface area contributed by atoms with Crippen molar-refractivity contribution in [2.45, 2.75) is 32.7 Å². The Bertz CT molecular complexity index is 1300. The molecule has 1 aromatic heterocycles. The van der Waals surface area contributed by atoms with Crippen molar-refractivity contribution in [2.75, 3.05) is 18.1 Å². The number of carbonyl (C=O) groups is 1. The van der Waals surface area contributed by atoms with Gasteiger partial charge in [-0.2, -0.15) is 10.5 Å². The van der Waals surface area contributed by atoms with Crippen molar-refractivity contribution in [1.29, 1.82) is 10.5 Å². The number of thioether (sulfide) groups is 1. The van der Waals surface area contributed by atoms with Crippen molar-refractivity contribution in [3.63, 3.8) is 0 Å². The van der Waals surface area contributed by atoms with Gasteiger partial charge in [-0.25, -0.2) is 4.98 Å². The minimum absolute atomic E-state index is 0.0385. The fourth-order valence-electron chi connectivity index (χ4n) is 3.60. The number of anilines is 1. The number of carbonyl (C=O) groups excluding carboxylic acids is 1. The topological polar surface area (TPSA) is 114 Å². The van der Waals surface area contributed by atoms with E-state index in [0.717, 1.165) is 16.7 Å². The van der Waals surface area contributed by atoms with Gasteiger partial charge in [0.05, 0.1) is 12.4 Å². The summed E-state index contributed by atoms with van der Waals surface area (Å²) < 4.78 is 5.49. The van der Waals surface area contributed by atoms with Gasteiger partial charge >= 0.3 is 0 Å². The van der Waals surface area contributed by atoms with Gasteiger partial charge in [0.25, 0.3) is 5.82 Å². The summed E-state index contributed by atoms with van der Waals surface area (Å²) in [4.78, 5) is 15.9. The molecule has 0 aliphatic heterocycles. The Morgan fingerprint density at radius 1 is 1.03 bits per heavy atom. The lowest BCUT2D eigenvalue weighted by Gasteiger charge is -2.12. The highest BCUT2D eigenvalue weighted by Crippen LogP contribution is 2.34. The van der Waals surface area contributed by atoms with Crippen LogP contribution in [0.1, 0.15) is 45.1 Å². The molecule has 3 aromatic rings. The van der Waals surface area contributed by atoms with Crippen LogP contribution >= 0.6 is 11.8 Å². The summed E-state index contributed by atoms with van der Waals surface area (Å²) in [7, 11) is 0. The maximum Gasteiger partial charge on any atom is 0.289 e. The number of aromatic nitrogens is 1. The van der Waals surface area contributed by atoms with Crippen LogP contribution in [0.25, 0.3) is 11.1 Å². The third kappa shape index (κ3) is 5.00. The highest BCUT2D eigenvalue weighted by molar-refractivity contribution is 7.99. The minimum atomic E-state index is -0.0385. The number of nitriles is 2. The number of hydrogen-bond donors (Lipinski definition) is 1. The highest BCUT2D eigenvalue weighted by atomic mass is 32.2. The lowest BCUT2D eigenvalue weighted by Crippen LogP contribution is -2.19. The zero-order valence-electron chi connectivity index (χ0n) is 19.1. The molecule has 2 aromatic carbocycles. The Labute approximate surface area is 198 Å². The second-order valence-corrected chi connectivity index (χ2v) is 8.62. The van der Waals surface area contributed by atoms with E-state index in [0.29, 0.717) is 34.1 Å². The third-order valence-electron chi connectivity index (χ3n) is 5.41. The molecule has 3 rings (SSSR count). The molecule has 1 heterocycles. The van der Waals surface area contributed by atoms with Crippen molar-refractivity contribution < 1.29 is 14.5 Å². The van der Waals surface area contributed by atoms with E-state index < -0.39 is 0 Å². The zero-order chi connectivity index (χ0) is 24.1. The van der Waals surface area contributed by atoms with Crippen LogP contribution in [0.5, 0.6) is 5.75 Å². The van der Waals surface area contributed by atoms with Gasteiger partial charge < -0.3 is 4.74 Å². The molecule has 6 nitrogen and oxygen atoms in total. The van der Waals surface area contributed by atoms with Gasteiger partial charge in [-0.15, -0.1) is 0 Å². The first kappa shape index (κ1) is 23.8. The molecule has 0 unspecified atom stereocenters. The lowest BCUT2D eigenvalue weighted by molar-refractivity contribution is -0.410. The normalized spacial score (nSPS) is 10.4. The number of nitrogens with two attached hydrogens (primary N) is 1. The fourth-order valence-corrected chi connectivity index (χ4v) is 4.51. The number of nitrogen functional groups attached to an aromatic ring is 1. The minimum Gasteiger partial charge on any atom is -0.494 e. The Morgan fingerprint density at radius 3 is 2.27 bits per heavy atom. The highest BCUT2D eigenvalue weighted by Gasteiger charge is 2.25. The summed E-state index contributed by atoms with van der Waals surface area (Å²) in [6.07, 6.45) is 0.